The quantitative estimate of drug-likeness (QED) is 0.687. The number of hydrogen-bond donors (Lipinski definition) is 0. The third-order valence-electron chi connectivity index (χ3n) is 2.85. The summed E-state index contributed by atoms with van der Waals surface area (Å²) < 4.78 is 0. The minimum atomic E-state index is 0.788. The van der Waals surface area contributed by atoms with Crippen LogP contribution in [0.3, 0.4) is 0 Å². The molecule has 2 heteroatoms. The molecule has 1 aliphatic heterocycles. The molecule has 0 saturated heterocycles. The first-order chi connectivity index (χ1) is 8.33. The van der Waals surface area contributed by atoms with Crippen LogP contribution in [0.2, 0.25) is 5.02 Å². The van der Waals surface area contributed by atoms with Gasteiger partial charge in [-0.2, -0.15) is 0 Å². The topological polar surface area (TPSA) is 0 Å². The normalized spacial score (nSPS) is 14.1. The fraction of sp³-hybridized carbons (Fsp3) is 0.0667. The Bertz CT molecular complexity index is 570. The average Bonchev–Trinajstić information content (AvgIpc) is 2.39. The minimum absolute atomic E-state index is 0.788. The van der Waals surface area contributed by atoms with E-state index in [0.717, 1.165) is 10.8 Å². The molecule has 2 aromatic rings. The lowest BCUT2D eigenvalue weighted by molar-refractivity contribution is 1.39. The van der Waals surface area contributed by atoms with Crippen LogP contribution >= 0.6 is 23.4 Å². The van der Waals surface area contributed by atoms with Gasteiger partial charge < -0.3 is 0 Å². The molecule has 0 amide bonds. The van der Waals surface area contributed by atoms with Gasteiger partial charge in [-0.05, 0) is 34.9 Å². The smallest absolute Gasteiger partial charge is 0.0406 e. The maximum atomic E-state index is 5.91. The van der Waals surface area contributed by atoms with Crippen molar-refractivity contribution in [1.82, 2.24) is 0 Å². The molecule has 0 unspecified atom stereocenters. The summed E-state index contributed by atoms with van der Waals surface area (Å²) in [6.45, 7) is 0. The predicted octanol–water partition coefficient (Wildman–Crippen LogP) is 5.08. The standard InChI is InChI=1S/C15H11ClS/c16-14-7-5-11(6-8-14)15-9-12-3-1-2-4-13(12)10-17-15/h1-9H,10H2. The highest BCUT2D eigenvalue weighted by Gasteiger charge is 2.11. The third kappa shape index (κ3) is 2.26. The van der Waals surface area contributed by atoms with Gasteiger partial charge in [-0.25, -0.2) is 0 Å². The van der Waals surface area contributed by atoms with E-state index in [0.29, 0.717) is 0 Å². The van der Waals surface area contributed by atoms with Gasteiger partial charge in [0, 0.05) is 15.7 Å². The molecule has 0 saturated carbocycles. The van der Waals surface area contributed by atoms with Crippen molar-refractivity contribution in [3.8, 4) is 0 Å². The molecule has 0 radical (unpaired) electrons. The van der Waals surface area contributed by atoms with Crippen molar-refractivity contribution in [3.63, 3.8) is 0 Å². The highest BCUT2D eigenvalue weighted by molar-refractivity contribution is 8.07. The fourth-order valence-electron chi connectivity index (χ4n) is 1.93. The maximum Gasteiger partial charge on any atom is 0.0406 e. The summed E-state index contributed by atoms with van der Waals surface area (Å²) in [7, 11) is 0. The van der Waals surface area contributed by atoms with Crippen molar-refractivity contribution < 1.29 is 0 Å². The molecule has 1 heterocycles. The number of fused-ring (bicyclic) bond motifs is 1. The Morgan fingerprint density at radius 1 is 0.941 bits per heavy atom. The third-order valence-corrected chi connectivity index (χ3v) is 4.23. The monoisotopic (exact) mass is 258 g/mol. The van der Waals surface area contributed by atoms with Crippen molar-refractivity contribution in [3.05, 3.63) is 70.2 Å². The molecule has 1 aliphatic rings. The Kier molecular flexibility index (Phi) is 2.96. The van der Waals surface area contributed by atoms with Crippen LogP contribution in [-0.4, -0.2) is 0 Å². The molecule has 84 valence electrons. The molecular weight excluding hydrogens is 248 g/mol. The van der Waals surface area contributed by atoms with E-state index in [2.05, 4.69) is 42.5 Å². The van der Waals surface area contributed by atoms with Gasteiger partial charge in [0.2, 0.25) is 0 Å². The van der Waals surface area contributed by atoms with Gasteiger partial charge >= 0.3 is 0 Å². The Morgan fingerprint density at radius 2 is 1.71 bits per heavy atom. The van der Waals surface area contributed by atoms with Crippen LogP contribution in [0.5, 0.6) is 0 Å². The summed E-state index contributed by atoms with van der Waals surface area (Å²) in [4.78, 5) is 1.32. The first-order valence-corrected chi connectivity index (χ1v) is 6.87. The second-order valence-electron chi connectivity index (χ2n) is 4.00. The summed E-state index contributed by atoms with van der Waals surface area (Å²) in [5, 5.41) is 0.788. The molecule has 0 bridgehead atoms. The van der Waals surface area contributed by atoms with Crippen LogP contribution in [0.1, 0.15) is 16.7 Å². The molecule has 0 spiro atoms. The molecule has 0 N–H and O–H groups in total. The van der Waals surface area contributed by atoms with Gasteiger partial charge in [-0.1, -0.05) is 48.0 Å². The van der Waals surface area contributed by atoms with Gasteiger partial charge in [0.25, 0.3) is 0 Å². The minimum Gasteiger partial charge on any atom is -0.121 e. The van der Waals surface area contributed by atoms with E-state index < -0.39 is 0 Å². The van der Waals surface area contributed by atoms with Gasteiger partial charge in [0.15, 0.2) is 0 Å². The largest absolute Gasteiger partial charge is 0.121 e. The molecule has 3 rings (SSSR count). The molecule has 0 nitrogen and oxygen atoms in total. The molecule has 0 fully saturated rings. The lowest BCUT2D eigenvalue weighted by atomic mass is 10.1. The van der Waals surface area contributed by atoms with Crippen LogP contribution in [0, 0.1) is 0 Å². The van der Waals surface area contributed by atoms with E-state index in [-0.39, 0.29) is 0 Å². The lowest BCUT2D eigenvalue weighted by Crippen LogP contribution is -1.93. The second kappa shape index (κ2) is 4.59. The van der Waals surface area contributed by atoms with Gasteiger partial charge in [-0.3, -0.25) is 0 Å². The summed E-state index contributed by atoms with van der Waals surface area (Å²) in [5.74, 6) is 1.05. The number of thioether (sulfide) groups is 1. The number of hydrogen-bond acceptors (Lipinski definition) is 1. The van der Waals surface area contributed by atoms with Crippen LogP contribution in [0.25, 0.3) is 11.0 Å². The Hall–Kier alpha value is -1.18. The molecule has 2 aromatic carbocycles. The van der Waals surface area contributed by atoms with Crippen molar-refractivity contribution in [2.45, 2.75) is 5.75 Å². The lowest BCUT2D eigenvalue weighted by Gasteiger charge is -2.16. The molecule has 0 aliphatic carbocycles. The van der Waals surface area contributed by atoms with Gasteiger partial charge in [0.1, 0.15) is 0 Å². The number of halogens is 1. The van der Waals surface area contributed by atoms with Crippen LogP contribution in [-0.2, 0) is 5.75 Å². The maximum absolute atomic E-state index is 5.91. The zero-order valence-corrected chi connectivity index (χ0v) is 10.8. The first kappa shape index (κ1) is 10.9. The van der Waals surface area contributed by atoms with Crippen molar-refractivity contribution >= 4 is 34.3 Å². The summed E-state index contributed by atoms with van der Waals surface area (Å²) in [6.07, 6.45) is 2.26. The first-order valence-electron chi connectivity index (χ1n) is 5.51. The van der Waals surface area contributed by atoms with E-state index in [1.165, 1.54) is 21.6 Å². The van der Waals surface area contributed by atoms with E-state index in [1.54, 1.807) is 0 Å². The molecule has 0 atom stereocenters. The zero-order chi connectivity index (χ0) is 11.7. The Morgan fingerprint density at radius 3 is 2.53 bits per heavy atom. The van der Waals surface area contributed by atoms with Crippen molar-refractivity contribution in [2.75, 3.05) is 0 Å². The summed E-state index contributed by atoms with van der Waals surface area (Å²) in [6, 6.07) is 16.6. The number of rotatable bonds is 1. The van der Waals surface area contributed by atoms with Crippen molar-refractivity contribution in [2.24, 2.45) is 0 Å². The average molecular weight is 259 g/mol. The van der Waals surface area contributed by atoms with E-state index in [1.807, 2.05) is 23.9 Å². The summed E-state index contributed by atoms with van der Waals surface area (Å²) in [5.41, 5.74) is 3.99. The zero-order valence-electron chi connectivity index (χ0n) is 9.19. The fourth-order valence-corrected chi connectivity index (χ4v) is 3.14. The molecular formula is C15H11ClS. The van der Waals surface area contributed by atoms with Crippen LogP contribution < -0.4 is 0 Å². The Balaban J connectivity index is 2.01. The summed E-state index contributed by atoms with van der Waals surface area (Å²) >= 11 is 7.79. The second-order valence-corrected chi connectivity index (χ2v) is 5.46. The van der Waals surface area contributed by atoms with E-state index in [4.69, 9.17) is 11.6 Å². The SMILES string of the molecule is Clc1ccc(C2=Cc3ccccc3CS2)cc1. The number of benzene rings is 2. The highest BCUT2D eigenvalue weighted by atomic mass is 35.5. The van der Waals surface area contributed by atoms with Gasteiger partial charge in [-0.15, -0.1) is 11.8 Å². The van der Waals surface area contributed by atoms with E-state index >= 15 is 0 Å². The molecule has 0 aromatic heterocycles. The molecule has 17 heavy (non-hydrogen) atoms. The Labute approximate surface area is 110 Å². The highest BCUT2D eigenvalue weighted by Crippen LogP contribution is 2.38. The predicted molar refractivity (Wildman–Crippen MR) is 77.1 cm³/mol. The van der Waals surface area contributed by atoms with Crippen LogP contribution in [0.15, 0.2) is 48.5 Å². The van der Waals surface area contributed by atoms with Crippen molar-refractivity contribution in [1.29, 1.82) is 0 Å². The van der Waals surface area contributed by atoms with Crippen LogP contribution in [0.4, 0.5) is 0 Å². The van der Waals surface area contributed by atoms with Gasteiger partial charge in [0.05, 0.1) is 0 Å². The van der Waals surface area contributed by atoms with E-state index in [9.17, 15) is 0 Å².